The topological polar surface area (TPSA) is 68.5 Å². The number of rotatable bonds is 5. The Labute approximate surface area is 120 Å². The normalized spacial score (nSPS) is 10.5. The lowest BCUT2D eigenvalue weighted by Gasteiger charge is -2.07. The summed E-state index contributed by atoms with van der Waals surface area (Å²) < 4.78 is 14.4. The molecule has 0 bridgehead atoms. The predicted molar refractivity (Wildman–Crippen MR) is 75.5 cm³/mol. The molecule has 0 fully saturated rings. The van der Waals surface area contributed by atoms with Crippen LogP contribution in [0.25, 0.3) is 5.82 Å². The third-order valence-electron chi connectivity index (χ3n) is 2.94. The molecule has 21 heavy (non-hydrogen) atoms. The van der Waals surface area contributed by atoms with E-state index in [0.717, 1.165) is 12.0 Å². The number of hydrogen-bond acceptors (Lipinski definition) is 5. The third kappa shape index (κ3) is 3.38. The fourth-order valence-corrected chi connectivity index (χ4v) is 1.88. The smallest absolute Gasteiger partial charge is 0.160 e. The van der Waals surface area contributed by atoms with Gasteiger partial charge in [-0.3, -0.25) is 0 Å². The van der Waals surface area contributed by atoms with Crippen molar-refractivity contribution in [1.82, 2.24) is 24.7 Å². The molecule has 3 rings (SSSR count). The number of nitrogens with zero attached hydrogens (tertiary/aromatic N) is 5. The molecular formula is C14H13FN6. The minimum absolute atomic E-state index is 0.222. The molecule has 106 valence electrons. The molecule has 0 aliphatic heterocycles. The summed E-state index contributed by atoms with van der Waals surface area (Å²) in [4.78, 5) is 12.2. The number of halogens is 1. The lowest BCUT2D eigenvalue weighted by Crippen LogP contribution is -2.08. The van der Waals surface area contributed by atoms with Gasteiger partial charge < -0.3 is 5.32 Å². The lowest BCUT2D eigenvalue weighted by molar-refractivity contribution is 0.627. The highest BCUT2D eigenvalue weighted by atomic mass is 19.1. The van der Waals surface area contributed by atoms with Crippen molar-refractivity contribution in [2.75, 3.05) is 11.9 Å². The van der Waals surface area contributed by atoms with E-state index in [-0.39, 0.29) is 5.82 Å². The van der Waals surface area contributed by atoms with Crippen LogP contribution in [0, 0.1) is 5.82 Å². The zero-order valence-electron chi connectivity index (χ0n) is 11.1. The molecule has 6 nitrogen and oxygen atoms in total. The second-order valence-corrected chi connectivity index (χ2v) is 4.40. The van der Waals surface area contributed by atoms with Crippen molar-refractivity contribution in [3.8, 4) is 5.82 Å². The highest BCUT2D eigenvalue weighted by molar-refractivity contribution is 5.40. The summed E-state index contributed by atoms with van der Waals surface area (Å²) in [6, 6.07) is 8.26. The van der Waals surface area contributed by atoms with Crippen molar-refractivity contribution in [2.24, 2.45) is 0 Å². The van der Waals surface area contributed by atoms with Crippen LogP contribution < -0.4 is 5.32 Å². The van der Waals surface area contributed by atoms with Crippen LogP contribution in [0.2, 0.25) is 0 Å². The Morgan fingerprint density at radius 1 is 1.10 bits per heavy atom. The van der Waals surface area contributed by atoms with E-state index in [1.54, 1.807) is 29.2 Å². The lowest BCUT2D eigenvalue weighted by atomic mass is 10.1. The van der Waals surface area contributed by atoms with Crippen molar-refractivity contribution in [2.45, 2.75) is 6.42 Å². The summed E-state index contributed by atoms with van der Waals surface area (Å²) in [5.41, 5.74) is 1.06. The number of aromatic nitrogens is 5. The van der Waals surface area contributed by atoms with E-state index < -0.39 is 0 Å². The molecule has 1 N–H and O–H groups in total. The molecule has 2 aromatic heterocycles. The summed E-state index contributed by atoms with van der Waals surface area (Å²) in [6.07, 6.45) is 5.27. The van der Waals surface area contributed by atoms with Gasteiger partial charge >= 0.3 is 0 Å². The molecule has 2 heterocycles. The van der Waals surface area contributed by atoms with Gasteiger partial charge in [0.25, 0.3) is 0 Å². The minimum atomic E-state index is -0.222. The minimum Gasteiger partial charge on any atom is -0.370 e. The van der Waals surface area contributed by atoms with Gasteiger partial charge in [0.15, 0.2) is 5.82 Å². The molecule has 0 saturated carbocycles. The molecule has 3 aromatic rings. The van der Waals surface area contributed by atoms with E-state index in [9.17, 15) is 4.39 Å². The van der Waals surface area contributed by atoms with E-state index in [0.29, 0.717) is 18.2 Å². The molecular weight excluding hydrogens is 271 g/mol. The zero-order chi connectivity index (χ0) is 14.5. The first-order valence-electron chi connectivity index (χ1n) is 6.46. The van der Waals surface area contributed by atoms with Gasteiger partial charge in [-0.2, -0.15) is 5.10 Å². The van der Waals surface area contributed by atoms with Crippen LogP contribution in [0.1, 0.15) is 5.56 Å². The number of anilines is 1. The highest BCUT2D eigenvalue weighted by Gasteiger charge is 2.01. The molecule has 0 aliphatic rings. The Balaban J connectivity index is 1.60. The van der Waals surface area contributed by atoms with Crippen molar-refractivity contribution in [3.05, 3.63) is 60.7 Å². The molecule has 0 amide bonds. The molecule has 7 heteroatoms. The Kier molecular flexibility index (Phi) is 3.81. The van der Waals surface area contributed by atoms with Crippen LogP contribution in [0.5, 0.6) is 0 Å². The van der Waals surface area contributed by atoms with Crippen molar-refractivity contribution in [3.63, 3.8) is 0 Å². The summed E-state index contributed by atoms with van der Waals surface area (Å²) in [5.74, 6) is 1.13. The van der Waals surface area contributed by atoms with Gasteiger partial charge in [-0.25, -0.2) is 24.0 Å². The van der Waals surface area contributed by atoms with Crippen LogP contribution >= 0.6 is 0 Å². The Bertz CT molecular complexity index is 696. The summed E-state index contributed by atoms with van der Waals surface area (Å²) >= 11 is 0. The molecule has 0 aliphatic carbocycles. The molecule has 1 aromatic carbocycles. The van der Waals surface area contributed by atoms with Crippen molar-refractivity contribution in [1.29, 1.82) is 0 Å². The van der Waals surface area contributed by atoms with Gasteiger partial charge in [0.1, 0.15) is 30.6 Å². The maximum atomic E-state index is 12.8. The van der Waals surface area contributed by atoms with Gasteiger partial charge in [0.2, 0.25) is 0 Å². The first kappa shape index (κ1) is 13.2. The molecule has 0 radical (unpaired) electrons. The molecule has 0 spiro atoms. The van der Waals surface area contributed by atoms with E-state index in [1.807, 2.05) is 0 Å². The van der Waals surface area contributed by atoms with Crippen LogP contribution in [0.3, 0.4) is 0 Å². The second-order valence-electron chi connectivity index (χ2n) is 4.40. The van der Waals surface area contributed by atoms with Crippen molar-refractivity contribution >= 4 is 5.82 Å². The average molecular weight is 284 g/mol. The number of hydrogen-bond donors (Lipinski definition) is 1. The molecule has 0 unspecified atom stereocenters. The summed E-state index contributed by atoms with van der Waals surface area (Å²) in [7, 11) is 0. The van der Waals surface area contributed by atoms with Gasteiger partial charge in [0.05, 0.1) is 0 Å². The van der Waals surface area contributed by atoms with Crippen LogP contribution in [0.4, 0.5) is 10.2 Å². The average Bonchev–Trinajstić information content (AvgIpc) is 3.04. The number of benzene rings is 1. The predicted octanol–water partition coefficient (Wildman–Crippen LogP) is 1.85. The largest absolute Gasteiger partial charge is 0.370 e. The van der Waals surface area contributed by atoms with Crippen molar-refractivity contribution < 1.29 is 4.39 Å². The van der Waals surface area contributed by atoms with E-state index in [4.69, 9.17) is 0 Å². The Hall–Kier alpha value is -2.83. The summed E-state index contributed by atoms with van der Waals surface area (Å²) in [6.45, 7) is 0.694. The van der Waals surface area contributed by atoms with Crippen LogP contribution in [-0.2, 0) is 6.42 Å². The SMILES string of the molecule is Fc1ccc(CCNc2cc(-n3cncn3)ncn2)cc1. The van der Waals surface area contributed by atoms with E-state index in [2.05, 4.69) is 25.4 Å². The third-order valence-corrected chi connectivity index (χ3v) is 2.94. The van der Waals surface area contributed by atoms with E-state index >= 15 is 0 Å². The zero-order valence-corrected chi connectivity index (χ0v) is 11.1. The molecule has 0 atom stereocenters. The molecule has 0 saturated heterocycles. The van der Waals surface area contributed by atoms with Gasteiger partial charge in [0, 0.05) is 12.6 Å². The van der Waals surface area contributed by atoms with Gasteiger partial charge in [-0.05, 0) is 24.1 Å². The fourth-order valence-electron chi connectivity index (χ4n) is 1.88. The van der Waals surface area contributed by atoms with E-state index in [1.165, 1.54) is 24.8 Å². The first-order valence-corrected chi connectivity index (χ1v) is 6.46. The monoisotopic (exact) mass is 284 g/mol. The second kappa shape index (κ2) is 6.08. The summed E-state index contributed by atoms with van der Waals surface area (Å²) in [5, 5.41) is 7.22. The standard InChI is InChI=1S/C14H13FN6/c15-12-3-1-11(2-4-12)5-6-17-13-7-14(19-9-18-13)21-10-16-8-20-21/h1-4,7-10H,5-6H2,(H,17,18,19). The fraction of sp³-hybridized carbons (Fsp3) is 0.143. The quantitative estimate of drug-likeness (QED) is 0.774. The van der Waals surface area contributed by atoms with Crippen LogP contribution in [0.15, 0.2) is 49.3 Å². The van der Waals surface area contributed by atoms with Gasteiger partial charge in [-0.1, -0.05) is 12.1 Å². The Morgan fingerprint density at radius 2 is 1.95 bits per heavy atom. The number of nitrogens with one attached hydrogen (secondary N) is 1. The maximum absolute atomic E-state index is 12.8. The van der Waals surface area contributed by atoms with Gasteiger partial charge in [-0.15, -0.1) is 0 Å². The maximum Gasteiger partial charge on any atom is 0.160 e. The van der Waals surface area contributed by atoms with Crippen LogP contribution in [-0.4, -0.2) is 31.3 Å². The first-order chi connectivity index (χ1) is 10.3. The Morgan fingerprint density at radius 3 is 2.71 bits per heavy atom. The highest BCUT2D eigenvalue weighted by Crippen LogP contribution is 2.08.